The van der Waals surface area contributed by atoms with Crippen LogP contribution in [0.2, 0.25) is 5.02 Å². The summed E-state index contributed by atoms with van der Waals surface area (Å²) < 4.78 is 5.09. The van der Waals surface area contributed by atoms with Gasteiger partial charge in [-0.15, -0.1) is 0 Å². The van der Waals surface area contributed by atoms with Gasteiger partial charge in [-0.2, -0.15) is 0 Å². The molecule has 2 heterocycles. The normalized spacial score (nSPS) is 14.2. The standard InChI is InChI=1S/C22H20ClN3O3/c23-17-5-1-4-16(14-17)15-25-11-3-12-26(22(25)28)19-9-7-18(8-10-19)24-21(27)20-6-2-13-29-20/h1-2,4-10,13-14H,3,11-12,15H2,(H,24,27). The molecule has 3 aromatic rings. The van der Waals surface area contributed by atoms with Gasteiger partial charge in [-0.1, -0.05) is 23.7 Å². The Labute approximate surface area is 173 Å². The lowest BCUT2D eigenvalue weighted by Crippen LogP contribution is -2.49. The first-order valence-electron chi connectivity index (χ1n) is 9.36. The molecule has 148 valence electrons. The van der Waals surface area contributed by atoms with Crippen LogP contribution in [0.25, 0.3) is 0 Å². The van der Waals surface area contributed by atoms with E-state index in [1.807, 2.05) is 41.3 Å². The van der Waals surface area contributed by atoms with Gasteiger partial charge >= 0.3 is 6.03 Å². The second kappa shape index (κ2) is 8.41. The largest absolute Gasteiger partial charge is 0.459 e. The summed E-state index contributed by atoms with van der Waals surface area (Å²) in [7, 11) is 0. The summed E-state index contributed by atoms with van der Waals surface area (Å²) in [6.45, 7) is 1.88. The highest BCUT2D eigenvalue weighted by atomic mass is 35.5. The summed E-state index contributed by atoms with van der Waals surface area (Å²) in [5.41, 5.74) is 2.43. The maximum atomic E-state index is 13.0. The predicted molar refractivity (Wildman–Crippen MR) is 112 cm³/mol. The first-order chi connectivity index (χ1) is 14.1. The van der Waals surface area contributed by atoms with Gasteiger partial charge in [0.05, 0.1) is 6.26 Å². The zero-order valence-electron chi connectivity index (χ0n) is 15.7. The molecular weight excluding hydrogens is 390 g/mol. The molecule has 0 spiro atoms. The van der Waals surface area contributed by atoms with Crippen LogP contribution in [0.3, 0.4) is 0 Å². The molecule has 1 N–H and O–H groups in total. The van der Waals surface area contributed by atoms with Crippen molar-refractivity contribution in [1.29, 1.82) is 0 Å². The lowest BCUT2D eigenvalue weighted by atomic mass is 10.1. The van der Waals surface area contributed by atoms with Crippen LogP contribution in [0.1, 0.15) is 22.5 Å². The summed E-state index contributed by atoms with van der Waals surface area (Å²) in [6, 6.07) is 18.0. The van der Waals surface area contributed by atoms with Gasteiger partial charge in [0, 0.05) is 36.0 Å². The zero-order valence-corrected chi connectivity index (χ0v) is 16.4. The van der Waals surface area contributed by atoms with Crippen molar-refractivity contribution in [3.8, 4) is 0 Å². The Morgan fingerprint density at radius 2 is 1.90 bits per heavy atom. The van der Waals surface area contributed by atoms with Crippen LogP contribution in [0.4, 0.5) is 16.2 Å². The SMILES string of the molecule is O=C(Nc1ccc(N2CCCN(Cc3cccc(Cl)c3)C2=O)cc1)c1ccco1. The molecule has 0 radical (unpaired) electrons. The van der Waals surface area contributed by atoms with Crippen molar-refractivity contribution in [3.63, 3.8) is 0 Å². The smallest absolute Gasteiger partial charge is 0.324 e. The number of rotatable bonds is 5. The molecule has 1 saturated heterocycles. The molecule has 1 aliphatic heterocycles. The fourth-order valence-electron chi connectivity index (χ4n) is 3.35. The molecule has 29 heavy (non-hydrogen) atoms. The summed E-state index contributed by atoms with van der Waals surface area (Å²) >= 11 is 6.06. The molecule has 1 fully saturated rings. The van der Waals surface area contributed by atoms with Crippen molar-refractivity contribution < 1.29 is 14.0 Å². The number of nitrogens with one attached hydrogen (secondary N) is 1. The van der Waals surface area contributed by atoms with Gasteiger partial charge in [0.15, 0.2) is 5.76 Å². The van der Waals surface area contributed by atoms with Crippen molar-refractivity contribution >= 4 is 34.9 Å². The maximum Gasteiger partial charge on any atom is 0.324 e. The molecule has 1 aromatic heterocycles. The van der Waals surface area contributed by atoms with Crippen LogP contribution >= 0.6 is 11.6 Å². The lowest BCUT2D eigenvalue weighted by molar-refractivity contribution is 0.0996. The minimum atomic E-state index is -0.315. The summed E-state index contributed by atoms with van der Waals surface area (Å²) in [6.07, 6.45) is 2.33. The molecule has 0 unspecified atom stereocenters. The van der Waals surface area contributed by atoms with E-state index >= 15 is 0 Å². The van der Waals surface area contributed by atoms with E-state index in [1.54, 1.807) is 29.2 Å². The fraction of sp³-hybridized carbons (Fsp3) is 0.182. The van der Waals surface area contributed by atoms with Gasteiger partial charge < -0.3 is 14.6 Å². The maximum absolute atomic E-state index is 13.0. The minimum Gasteiger partial charge on any atom is -0.459 e. The second-order valence-electron chi connectivity index (χ2n) is 6.82. The zero-order chi connectivity index (χ0) is 20.2. The van der Waals surface area contributed by atoms with Crippen LogP contribution < -0.4 is 10.2 Å². The van der Waals surface area contributed by atoms with Crippen molar-refractivity contribution in [2.24, 2.45) is 0 Å². The molecule has 4 rings (SSSR count). The van der Waals surface area contributed by atoms with E-state index in [2.05, 4.69) is 5.32 Å². The number of halogens is 1. The number of benzene rings is 2. The number of hydrogen-bond acceptors (Lipinski definition) is 3. The third-order valence-corrected chi connectivity index (χ3v) is 4.99. The van der Waals surface area contributed by atoms with E-state index in [-0.39, 0.29) is 17.7 Å². The lowest BCUT2D eigenvalue weighted by Gasteiger charge is -2.35. The van der Waals surface area contributed by atoms with Crippen LogP contribution in [0.5, 0.6) is 0 Å². The third kappa shape index (κ3) is 4.43. The third-order valence-electron chi connectivity index (χ3n) is 4.76. The summed E-state index contributed by atoms with van der Waals surface area (Å²) in [4.78, 5) is 28.6. The second-order valence-corrected chi connectivity index (χ2v) is 7.25. The monoisotopic (exact) mass is 409 g/mol. The number of nitrogens with zero attached hydrogens (tertiary/aromatic N) is 2. The number of urea groups is 1. The van der Waals surface area contributed by atoms with Crippen LogP contribution in [0.15, 0.2) is 71.3 Å². The molecule has 0 bridgehead atoms. The molecule has 1 aliphatic rings. The summed E-state index contributed by atoms with van der Waals surface area (Å²) in [5, 5.41) is 3.44. The molecule has 6 nitrogen and oxygen atoms in total. The number of anilines is 2. The Morgan fingerprint density at radius 1 is 1.07 bits per heavy atom. The van der Waals surface area contributed by atoms with Gasteiger partial charge in [-0.05, 0) is 60.5 Å². The first-order valence-corrected chi connectivity index (χ1v) is 9.74. The average Bonchev–Trinajstić information content (AvgIpc) is 3.26. The van der Waals surface area contributed by atoms with Crippen molar-refractivity contribution in [2.45, 2.75) is 13.0 Å². The Balaban J connectivity index is 1.43. The quantitative estimate of drug-likeness (QED) is 0.643. The highest BCUT2D eigenvalue weighted by Crippen LogP contribution is 2.24. The van der Waals surface area contributed by atoms with Crippen molar-refractivity contribution in [1.82, 2.24) is 4.90 Å². The number of hydrogen-bond donors (Lipinski definition) is 1. The first kappa shape index (κ1) is 19.1. The topological polar surface area (TPSA) is 65.8 Å². The van der Waals surface area contributed by atoms with Crippen LogP contribution in [0, 0.1) is 0 Å². The highest BCUT2D eigenvalue weighted by molar-refractivity contribution is 6.30. The van der Waals surface area contributed by atoms with Gasteiger partial charge in [-0.25, -0.2) is 4.79 Å². The minimum absolute atomic E-state index is 0.0383. The van der Waals surface area contributed by atoms with Crippen molar-refractivity contribution in [3.05, 3.63) is 83.3 Å². The van der Waals surface area contributed by atoms with Gasteiger partial charge in [0.1, 0.15) is 0 Å². The Hall–Kier alpha value is -3.25. The van der Waals surface area contributed by atoms with Crippen LogP contribution in [-0.2, 0) is 6.54 Å². The van der Waals surface area contributed by atoms with E-state index in [0.29, 0.717) is 30.3 Å². The fourth-order valence-corrected chi connectivity index (χ4v) is 3.56. The predicted octanol–water partition coefficient (Wildman–Crippen LogP) is 5.02. The van der Waals surface area contributed by atoms with E-state index in [9.17, 15) is 9.59 Å². The van der Waals surface area contributed by atoms with Crippen molar-refractivity contribution in [2.75, 3.05) is 23.3 Å². The van der Waals surface area contributed by atoms with Gasteiger partial charge in [-0.3, -0.25) is 9.69 Å². The number of furan rings is 1. The van der Waals surface area contributed by atoms with Crippen LogP contribution in [-0.4, -0.2) is 29.9 Å². The Kier molecular flexibility index (Phi) is 5.53. The van der Waals surface area contributed by atoms with Gasteiger partial charge in [0.2, 0.25) is 0 Å². The number of carbonyl (C=O) groups is 2. The molecule has 3 amide bonds. The number of carbonyl (C=O) groups excluding carboxylic acids is 2. The van der Waals surface area contributed by atoms with E-state index in [0.717, 1.165) is 17.7 Å². The molecular formula is C22H20ClN3O3. The molecule has 0 saturated carbocycles. The summed E-state index contributed by atoms with van der Waals surface area (Å²) in [5.74, 6) is -0.0681. The molecule has 0 aliphatic carbocycles. The highest BCUT2D eigenvalue weighted by Gasteiger charge is 2.26. The molecule has 2 aromatic carbocycles. The van der Waals surface area contributed by atoms with E-state index in [1.165, 1.54) is 6.26 Å². The Bertz CT molecular complexity index is 1000. The van der Waals surface area contributed by atoms with E-state index < -0.39 is 0 Å². The van der Waals surface area contributed by atoms with Gasteiger partial charge in [0.25, 0.3) is 5.91 Å². The van der Waals surface area contributed by atoms with E-state index in [4.69, 9.17) is 16.0 Å². The average molecular weight is 410 g/mol. The number of amides is 3. The molecule has 7 heteroatoms. The molecule has 0 atom stereocenters. The Morgan fingerprint density at radius 3 is 2.62 bits per heavy atom.